The van der Waals surface area contributed by atoms with Gasteiger partial charge in [0.25, 0.3) is 5.91 Å². The number of carbonyl (C=O) groups excluding carboxylic acids is 5. The molecule has 0 unspecified atom stereocenters. The maximum Gasteiger partial charge on any atom is 0.303 e. The lowest BCUT2D eigenvalue weighted by molar-refractivity contribution is -0.288. The normalized spacial score (nSPS) is 24.2. The molecule has 0 aliphatic carbocycles. The Balaban J connectivity index is 2.51. The molecule has 0 saturated carbocycles. The lowest BCUT2D eigenvalue weighted by Crippen LogP contribution is -2.63. The van der Waals surface area contributed by atoms with Gasteiger partial charge in [-0.3, -0.25) is 24.0 Å². The molecule has 0 bridgehead atoms. The molecule has 12 nitrogen and oxygen atoms in total. The summed E-state index contributed by atoms with van der Waals surface area (Å²) in [4.78, 5) is 58.5. The summed E-state index contributed by atoms with van der Waals surface area (Å²) in [5, 5.41) is 0. The molecule has 1 aromatic rings. The van der Waals surface area contributed by atoms with E-state index in [1.807, 2.05) is 0 Å². The van der Waals surface area contributed by atoms with Crippen molar-refractivity contribution >= 4 is 29.8 Å². The molecule has 1 saturated heterocycles. The Hall–Kier alpha value is -3.67. The fourth-order valence-electron chi connectivity index (χ4n) is 3.18. The highest BCUT2D eigenvalue weighted by Crippen LogP contribution is 2.31. The van der Waals surface area contributed by atoms with Crippen LogP contribution in [0.1, 0.15) is 38.1 Å². The number of para-hydroxylation sites is 1. The van der Waals surface area contributed by atoms with Gasteiger partial charge in [0, 0.05) is 27.7 Å². The van der Waals surface area contributed by atoms with Crippen molar-refractivity contribution in [3.63, 3.8) is 0 Å². The Labute approximate surface area is 189 Å². The third-order valence-electron chi connectivity index (χ3n) is 4.34. The first kappa shape index (κ1) is 25.6. The van der Waals surface area contributed by atoms with Crippen molar-refractivity contribution in [3.05, 3.63) is 29.8 Å². The lowest BCUT2D eigenvalue weighted by Gasteiger charge is -2.44. The molecule has 5 atom stereocenters. The summed E-state index contributed by atoms with van der Waals surface area (Å²) in [6.45, 7) is 4.07. The quantitative estimate of drug-likeness (QED) is 0.411. The van der Waals surface area contributed by atoms with Crippen LogP contribution in [0.15, 0.2) is 24.3 Å². The van der Waals surface area contributed by atoms with Gasteiger partial charge in [-0.05, 0) is 12.1 Å². The first-order valence-electron chi connectivity index (χ1n) is 9.85. The number of nitrogens with two attached hydrogens (primary N) is 1. The van der Waals surface area contributed by atoms with Crippen LogP contribution in [0.4, 0.5) is 0 Å². The maximum atomic E-state index is 11.8. The Bertz CT molecular complexity index is 915. The standard InChI is InChI=1S/C21H25NO11/c1-10(23)28-9-16-17(29-11(2)24)18(30-12(3)25)19(31-13(4)26)21(33-16)32-15-8-6-5-7-14(15)20(22)27/h5-8,16-19,21H,9H2,1-4H3,(H2,22,27)/t16-,17-,18+,19-,21-/m1/s1. The average Bonchev–Trinajstić information content (AvgIpc) is 2.70. The number of rotatable bonds is 8. The van der Waals surface area contributed by atoms with Gasteiger partial charge in [0.1, 0.15) is 18.5 Å². The highest BCUT2D eigenvalue weighted by Gasteiger charge is 2.53. The van der Waals surface area contributed by atoms with Crippen molar-refractivity contribution in [2.75, 3.05) is 6.61 Å². The molecule has 0 spiro atoms. The number of ether oxygens (including phenoxy) is 6. The van der Waals surface area contributed by atoms with Crippen LogP contribution in [0.25, 0.3) is 0 Å². The Morgan fingerprint density at radius 2 is 1.36 bits per heavy atom. The number of carbonyl (C=O) groups is 5. The molecule has 0 aromatic heterocycles. The van der Waals surface area contributed by atoms with E-state index in [-0.39, 0.29) is 11.3 Å². The van der Waals surface area contributed by atoms with E-state index >= 15 is 0 Å². The Kier molecular flexibility index (Phi) is 8.74. The van der Waals surface area contributed by atoms with Gasteiger partial charge >= 0.3 is 23.9 Å². The van der Waals surface area contributed by atoms with Crippen molar-refractivity contribution in [2.24, 2.45) is 5.73 Å². The molecule has 1 amide bonds. The fourth-order valence-corrected chi connectivity index (χ4v) is 3.18. The van der Waals surface area contributed by atoms with Crippen molar-refractivity contribution in [1.82, 2.24) is 0 Å². The molecule has 2 N–H and O–H groups in total. The lowest BCUT2D eigenvalue weighted by atomic mass is 9.98. The van der Waals surface area contributed by atoms with Crippen molar-refractivity contribution in [2.45, 2.75) is 58.4 Å². The number of benzene rings is 1. The Morgan fingerprint density at radius 3 is 1.91 bits per heavy atom. The molecular formula is C21H25NO11. The zero-order valence-corrected chi connectivity index (χ0v) is 18.5. The number of primary amides is 1. The molecule has 12 heteroatoms. The molecule has 33 heavy (non-hydrogen) atoms. The summed E-state index contributed by atoms with van der Waals surface area (Å²) in [5.74, 6) is -3.77. The predicted molar refractivity (Wildman–Crippen MR) is 108 cm³/mol. The topological polar surface area (TPSA) is 167 Å². The van der Waals surface area contributed by atoms with Crippen LogP contribution in [0.3, 0.4) is 0 Å². The van der Waals surface area contributed by atoms with Crippen LogP contribution in [-0.4, -0.2) is 67.1 Å². The first-order valence-corrected chi connectivity index (χ1v) is 9.85. The van der Waals surface area contributed by atoms with Crippen molar-refractivity contribution < 1.29 is 52.4 Å². The van der Waals surface area contributed by atoms with Gasteiger partial charge in [0.2, 0.25) is 12.4 Å². The SMILES string of the molecule is CC(=O)OC[C@H]1O[C@@H](Oc2ccccc2C(N)=O)[C@H](OC(C)=O)[C@@H](OC(C)=O)[C@@H]1OC(C)=O. The van der Waals surface area contributed by atoms with E-state index in [1.165, 1.54) is 12.1 Å². The first-order chi connectivity index (χ1) is 15.5. The molecule has 0 radical (unpaired) electrons. The monoisotopic (exact) mass is 467 g/mol. The van der Waals surface area contributed by atoms with Crippen molar-refractivity contribution in [3.8, 4) is 5.75 Å². The second-order valence-electron chi connectivity index (χ2n) is 7.05. The van der Waals surface area contributed by atoms with Crippen LogP contribution in [0.5, 0.6) is 5.75 Å². The van der Waals surface area contributed by atoms with Gasteiger partial charge in [0.05, 0.1) is 5.56 Å². The summed E-state index contributed by atoms with van der Waals surface area (Å²) in [6.07, 6.45) is -6.78. The second-order valence-corrected chi connectivity index (χ2v) is 7.05. The minimum atomic E-state index is -1.47. The maximum absolute atomic E-state index is 11.8. The van der Waals surface area contributed by atoms with Crippen LogP contribution in [0.2, 0.25) is 0 Å². The van der Waals surface area contributed by atoms with Gasteiger partial charge in [-0.15, -0.1) is 0 Å². The van der Waals surface area contributed by atoms with Crippen molar-refractivity contribution in [1.29, 1.82) is 0 Å². The molecule has 1 aliphatic rings. The molecule has 180 valence electrons. The minimum absolute atomic E-state index is 0.00496. The summed E-state index contributed by atoms with van der Waals surface area (Å²) in [7, 11) is 0. The third kappa shape index (κ3) is 7.17. The van der Waals surface area contributed by atoms with E-state index in [9.17, 15) is 24.0 Å². The molecule has 1 aliphatic heterocycles. The van der Waals surface area contributed by atoms with Gasteiger partial charge in [-0.25, -0.2) is 0 Å². The number of amides is 1. The van der Waals surface area contributed by atoms with Gasteiger partial charge in [-0.1, -0.05) is 12.1 Å². The van der Waals surface area contributed by atoms with E-state index in [4.69, 9.17) is 34.2 Å². The molecule has 1 heterocycles. The highest BCUT2D eigenvalue weighted by molar-refractivity contribution is 5.95. The van der Waals surface area contributed by atoms with Crippen LogP contribution >= 0.6 is 0 Å². The third-order valence-corrected chi connectivity index (χ3v) is 4.34. The van der Waals surface area contributed by atoms with E-state index < -0.39 is 67.1 Å². The number of esters is 4. The van der Waals surface area contributed by atoms with E-state index in [2.05, 4.69) is 0 Å². The van der Waals surface area contributed by atoms with Gasteiger partial charge < -0.3 is 34.2 Å². The van der Waals surface area contributed by atoms with E-state index in [0.717, 1.165) is 27.7 Å². The van der Waals surface area contributed by atoms with Gasteiger partial charge in [0.15, 0.2) is 12.2 Å². The smallest absolute Gasteiger partial charge is 0.303 e. The largest absolute Gasteiger partial charge is 0.463 e. The number of hydrogen-bond acceptors (Lipinski definition) is 11. The molecule has 2 rings (SSSR count). The van der Waals surface area contributed by atoms with Crippen LogP contribution < -0.4 is 10.5 Å². The van der Waals surface area contributed by atoms with Crippen LogP contribution in [0, 0.1) is 0 Å². The van der Waals surface area contributed by atoms with Crippen LogP contribution in [-0.2, 0) is 42.9 Å². The van der Waals surface area contributed by atoms with Gasteiger partial charge in [-0.2, -0.15) is 0 Å². The summed E-state index contributed by atoms with van der Waals surface area (Å²) >= 11 is 0. The zero-order chi connectivity index (χ0) is 24.7. The minimum Gasteiger partial charge on any atom is -0.463 e. The highest BCUT2D eigenvalue weighted by atomic mass is 16.7. The molecule has 1 aromatic carbocycles. The second kappa shape index (κ2) is 11.3. The Morgan fingerprint density at radius 1 is 0.818 bits per heavy atom. The number of hydrogen-bond donors (Lipinski definition) is 1. The van der Waals surface area contributed by atoms with E-state index in [0.29, 0.717) is 0 Å². The van der Waals surface area contributed by atoms with E-state index in [1.54, 1.807) is 12.1 Å². The fraction of sp³-hybridized carbons (Fsp3) is 0.476. The summed E-state index contributed by atoms with van der Waals surface area (Å²) in [5.41, 5.74) is 5.39. The molecule has 1 fully saturated rings. The predicted octanol–water partition coefficient (Wildman–Crippen LogP) is 0.247. The molecular weight excluding hydrogens is 442 g/mol. The summed E-state index contributed by atoms with van der Waals surface area (Å²) in [6, 6.07) is 5.95. The zero-order valence-electron chi connectivity index (χ0n) is 18.5. The summed E-state index contributed by atoms with van der Waals surface area (Å²) < 4.78 is 32.5. The average molecular weight is 467 g/mol.